The number of hydrogen-bond donors (Lipinski definition) is 1. The minimum atomic E-state index is -0.0714. The molecule has 0 bridgehead atoms. The number of rotatable bonds is 6. The van der Waals surface area contributed by atoms with Gasteiger partial charge in [0.15, 0.2) is 5.78 Å². The van der Waals surface area contributed by atoms with E-state index in [9.17, 15) is 9.90 Å². The molecule has 4 heteroatoms. The minimum absolute atomic E-state index is 0.0714. The molecule has 0 unspecified atom stereocenters. The zero-order valence-corrected chi connectivity index (χ0v) is 15.2. The lowest BCUT2D eigenvalue weighted by atomic mass is 10.0. The fraction of sp³-hybridized carbons (Fsp3) is 0.350. The van der Waals surface area contributed by atoms with Gasteiger partial charge in [-0.25, -0.2) is 0 Å². The van der Waals surface area contributed by atoms with Gasteiger partial charge in [-0.2, -0.15) is 0 Å². The van der Waals surface area contributed by atoms with Crippen LogP contribution in [0.5, 0.6) is 11.5 Å². The number of phenolic OH excluding ortho intramolecular Hbond substituents is 1. The molecule has 2 aromatic rings. The van der Waals surface area contributed by atoms with E-state index in [1.54, 1.807) is 24.3 Å². The van der Waals surface area contributed by atoms with Crippen LogP contribution in [0.2, 0.25) is 0 Å². The first-order chi connectivity index (χ1) is 11.3. The molecular weight excluding hydrogens is 302 g/mol. The second-order valence-electron chi connectivity index (χ2n) is 6.26. The van der Waals surface area contributed by atoms with Crippen molar-refractivity contribution in [3.63, 3.8) is 0 Å². The second kappa shape index (κ2) is 9.08. The minimum Gasteiger partial charge on any atom is -0.508 e. The van der Waals surface area contributed by atoms with Crippen molar-refractivity contribution >= 4 is 5.78 Å². The Bertz CT molecular complexity index is 625. The summed E-state index contributed by atoms with van der Waals surface area (Å²) >= 11 is 0. The highest BCUT2D eigenvalue weighted by molar-refractivity contribution is 6.09. The Balaban J connectivity index is 0.00000139. The molecule has 0 heterocycles. The molecule has 0 spiro atoms. The molecule has 2 aromatic carbocycles. The van der Waals surface area contributed by atoms with Gasteiger partial charge >= 0.3 is 0 Å². The van der Waals surface area contributed by atoms with Crippen molar-refractivity contribution in [3.8, 4) is 11.5 Å². The highest BCUT2D eigenvalue weighted by Crippen LogP contribution is 2.17. The number of phenols is 1. The van der Waals surface area contributed by atoms with E-state index in [-0.39, 0.29) is 11.5 Å². The Kier molecular flexibility index (Phi) is 7.46. The summed E-state index contributed by atoms with van der Waals surface area (Å²) in [4.78, 5) is 12.3. The van der Waals surface area contributed by atoms with Crippen molar-refractivity contribution in [2.45, 2.75) is 13.8 Å². The van der Waals surface area contributed by atoms with E-state index in [0.29, 0.717) is 17.7 Å². The first kappa shape index (κ1) is 19.7. The van der Waals surface area contributed by atoms with Crippen LogP contribution in [0.3, 0.4) is 0 Å². The summed E-state index contributed by atoms with van der Waals surface area (Å²) < 4.78 is 6.52. The van der Waals surface area contributed by atoms with E-state index in [1.165, 1.54) is 12.1 Å². The summed E-state index contributed by atoms with van der Waals surface area (Å²) in [6.07, 6.45) is 0. The number of carbonyl (C=O) groups is 1. The van der Waals surface area contributed by atoms with Crippen LogP contribution in [0.1, 0.15) is 29.8 Å². The topological polar surface area (TPSA) is 46.5 Å². The van der Waals surface area contributed by atoms with Crippen LogP contribution in [0, 0.1) is 0 Å². The molecule has 0 aliphatic rings. The van der Waals surface area contributed by atoms with E-state index in [4.69, 9.17) is 4.74 Å². The molecule has 4 nitrogen and oxygen atoms in total. The molecule has 0 aromatic heterocycles. The van der Waals surface area contributed by atoms with Gasteiger partial charge in [0, 0.05) is 11.1 Å². The average Bonchev–Trinajstić information content (AvgIpc) is 2.56. The van der Waals surface area contributed by atoms with Gasteiger partial charge < -0.3 is 14.3 Å². The standard InChI is InChI=1S/C18H21NO3.C2H6/c1-19(2,3)12-13-22-17-10-6-15(7-11-17)18(21)14-4-8-16(20)9-5-14;1-2/h4-11H,12-13H2,1-3H3;1-2H3/p+1. The SMILES string of the molecule is CC.C[N+](C)(C)CCOc1ccc(C(=O)c2ccc(O)cc2)cc1. The summed E-state index contributed by atoms with van der Waals surface area (Å²) in [5.74, 6) is 0.839. The summed E-state index contributed by atoms with van der Waals surface area (Å²) in [5.41, 5.74) is 1.15. The number of benzene rings is 2. The number of hydrogen-bond acceptors (Lipinski definition) is 3. The lowest BCUT2D eigenvalue weighted by molar-refractivity contribution is -0.870. The monoisotopic (exact) mass is 330 g/mol. The molecule has 24 heavy (non-hydrogen) atoms. The summed E-state index contributed by atoms with van der Waals surface area (Å²) in [6.45, 7) is 5.54. The van der Waals surface area contributed by atoms with E-state index < -0.39 is 0 Å². The molecule has 0 atom stereocenters. The molecule has 0 fully saturated rings. The predicted octanol–water partition coefficient (Wildman–Crippen LogP) is 3.73. The Morgan fingerprint density at radius 2 is 1.38 bits per heavy atom. The fourth-order valence-corrected chi connectivity index (χ4v) is 1.92. The van der Waals surface area contributed by atoms with Gasteiger partial charge in [0.05, 0.1) is 21.1 Å². The lowest BCUT2D eigenvalue weighted by Gasteiger charge is -2.23. The Morgan fingerprint density at radius 1 is 0.917 bits per heavy atom. The highest BCUT2D eigenvalue weighted by atomic mass is 16.5. The van der Waals surface area contributed by atoms with Gasteiger partial charge in [0.2, 0.25) is 0 Å². The number of carbonyl (C=O) groups excluding carboxylic acids is 1. The quantitative estimate of drug-likeness (QED) is 0.648. The van der Waals surface area contributed by atoms with Crippen molar-refractivity contribution in [1.82, 2.24) is 0 Å². The van der Waals surface area contributed by atoms with E-state index >= 15 is 0 Å². The molecule has 130 valence electrons. The second-order valence-corrected chi connectivity index (χ2v) is 6.26. The van der Waals surface area contributed by atoms with E-state index in [1.807, 2.05) is 26.0 Å². The summed E-state index contributed by atoms with van der Waals surface area (Å²) in [6, 6.07) is 13.4. The smallest absolute Gasteiger partial charge is 0.193 e. The van der Waals surface area contributed by atoms with Gasteiger partial charge in [-0.3, -0.25) is 4.79 Å². The molecule has 0 saturated carbocycles. The number of likely N-dealkylation sites (N-methyl/N-ethyl adjacent to an activating group) is 1. The Hall–Kier alpha value is -2.33. The van der Waals surface area contributed by atoms with Crippen LogP contribution in [0.15, 0.2) is 48.5 Å². The molecule has 0 aliphatic carbocycles. The Labute approximate surface area is 144 Å². The van der Waals surface area contributed by atoms with E-state index in [2.05, 4.69) is 21.1 Å². The van der Waals surface area contributed by atoms with Crippen molar-refractivity contribution in [2.24, 2.45) is 0 Å². The lowest BCUT2D eigenvalue weighted by Crippen LogP contribution is -2.38. The number of quaternary nitrogens is 1. The van der Waals surface area contributed by atoms with Gasteiger partial charge in [-0.05, 0) is 48.5 Å². The largest absolute Gasteiger partial charge is 0.508 e. The third kappa shape index (κ3) is 6.42. The number of ether oxygens (including phenoxy) is 1. The molecular formula is C20H28NO3+. The number of aromatic hydroxyl groups is 1. The zero-order valence-electron chi connectivity index (χ0n) is 15.2. The first-order valence-electron chi connectivity index (χ1n) is 8.22. The summed E-state index contributed by atoms with van der Waals surface area (Å²) in [7, 11) is 6.34. The molecule has 0 amide bonds. The third-order valence-electron chi connectivity index (χ3n) is 3.28. The first-order valence-corrected chi connectivity index (χ1v) is 8.22. The highest BCUT2D eigenvalue weighted by Gasteiger charge is 2.10. The normalized spacial score (nSPS) is 10.5. The molecule has 1 N–H and O–H groups in total. The maximum atomic E-state index is 12.3. The van der Waals surface area contributed by atoms with Crippen LogP contribution in [0.25, 0.3) is 0 Å². The van der Waals surface area contributed by atoms with Crippen LogP contribution < -0.4 is 4.74 Å². The van der Waals surface area contributed by atoms with Gasteiger partial charge in [0.1, 0.15) is 24.7 Å². The predicted molar refractivity (Wildman–Crippen MR) is 97.7 cm³/mol. The summed E-state index contributed by atoms with van der Waals surface area (Å²) in [5, 5.41) is 9.26. The average molecular weight is 330 g/mol. The molecule has 0 saturated heterocycles. The van der Waals surface area contributed by atoms with Crippen molar-refractivity contribution in [3.05, 3.63) is 59.7 Å². The van der Waals surface area contributed by atoms with Crippen LogP contribution in [-0.2, 0) is 0 Å². The maximum absolute atomic E-state index is 12.3. The third-order valence-corrected chi connectivity index (χ3v) is 3.28. The van der Waals surface area contributed by atoms with Gasteiger partial charge in [-0.1, -0.05) is 13.8 Å². The van der Waals surface area contributed by atoms with Gasteiger partial charge in [-0.15, -0.1) is 0 Å². The van der Waals surface area contributed by atoms with Crippen LogP contribution in [0.4, 0.5) is 0 Å². The molecule has 0 radical (unpaired) electrons. The van der Waals surface area contributed by atoms with Crippen molar-refractivity contribution in [1.29, 1.82) is 0 Å². The van der Waals surface area contributed by atoms with E-state index in [0.717, 1.165) is 16.8 Å². The van der Waals surface area contributed by atoms with Crippen molar-refractivity contribution < 1.29 is 19.1 Å². The van der Waals surface area contributed by atoms with Crippen LogP contribution >= 0.6 is 0 Å². The fourth-order valence-electron chi connectivity index (χ4n) is 1.92. The van der Waals surface area contributed by atoms with Gasteiger partial charge in [0.25, 0.3) is 0 Å². The Morgan fingerprint density at radius 3 is 1.83 bits per heavy atom. The molecule has 2 rings (SSSR count). The molecule has 0 aliphatic heterocycles. The number of ketones is 1. The van der Waals surface area contributed by atoms with Crippen LogP contribution in [-0.4, -0.2) is 49.7 Å². The maximum Gasteiger partial charge on any atom is 0.193 e. The zero-order chi connectivity index (χ0) is 18.2. The van der Waals surface area contributed by atoms with Crippen molar-refractivity contribution in [2.75, 3.05) is 34.3 Å². The number of nitrogens with zero attached hydrogens (tertiary/aromatic N) is 1.